The van der Waals surface area contributed by atoms with E-state index >= 15 is 0 Å². The molecule has 0 aliphatic carbocycles. The summed E-state index contributed by atoms with van der Waals surface area (Å²) in [6.07, 6.45) is 0. The van der Waals surface area contributed by atoms with Crippen LogP contribution in [0.2, 0.25) is 5.02 Å². The van der Waals surface area contributed by atoms with Gasteiger partial charge in [0.15, 0.2) is 5.76 Å². The van der Waals surface area contributed by atoms with Crippen LogP contribution in [0.5, 0.6) is 0 Å². The largest absolute Gasteiger partial charge is 0.455 e. The Bertz CT molecular complexity index is 752. The lowest BCUT2D eigenvalue weighted by atomic mass is 10.2. The standard InChI is InChI=1S/C18H21ClN2O3S/c1-20-8-10-21(11-9-20)18(22)17-7-6-16(24-17)13-25(23)12-14-2-4-15(19)5-3-14/h2-7H,8-13H2,1H3/t25-/m0/s1. The van der Waals surface area contributed by atoms with E-state index in [2.05, 4.69) is 4.90 Å². The molecule has 2 heterocycles. The number of hydrogen-bond donors (Lipinski definition) is 0. The van der Waals surface area contributed by atoms with Gasteiger partial charge in [-0.3, -0.25) is 9.00 Å². The molecule has 1 saturated heterocycles. The number of benzene rings is 1. The van der Waals surface area contributed by atoms with Gasteiger partial charge in [-0.1, -0.05) is 23.7 Å². The molecule has 7 heteroatoms. The first-order chi connectivity index (χ1) is 12.0. The number of carbonyl (C=O) groups is 1. The molecule has 2 aromatic rings. The van der Waals surface area contributed by atoms with Gasteiger partial charge in [-0.2, -0.15) is 0 Å². The fourth-order valence-electron chi connectivity index (χ4n) is 2.71. The molecule has 134 valence electrons. The molecule has 1 aliphatic heterocycles. The quantitative estimate of drug-likeness (QED) is 0.800. The van der Waals surface area contributed by atoms with Gasteiger partial charge in [-0.25, -0.2) is 0 Å². The van der Waals surface area contributed by atoms with E-state index in [4.69, 9.17) is 16.0 Å². The second-order valence-electron chi connectivity index (χ2n) is 6.22. The average Bonchev–Trinajstić information content (AvgIpc) is 3.05. The van der Waals surface area contributed by atoms with Crippen molar-refractivity contribution in [3.8, 4) is 0 Å². The van der Waals surface area contributed by atoms with Gasteiger partial charge in [0.1, 0.15) is 5.76 Å². The zero-order chi connectivity index (χ0) is 17.8. The second kappa shape index (κ2) is 8.17. The van der Waals surface area contributed by atoms with Crippen molar-refractivity contribution in [2.45, 2.75) is 11.5 Å². The maximum atomic E-state index is 12.5. The zero-order valence-corrected chi connectivity index (χ0v) is 15.7. The van der Waals surface area contributed by atoms with Gasteiger partial charge in [0.2, 0.25) is 0 Å². The summed E-state index contributed by atoms with van der Waals surface area (Å²) in [5, 5.41) is 0.660. The highest BCUT2D eigenvalue weighted by molar-refractivity contribution is 7.83. The summed E-state index contributed by atoms with van der Waals surface area (Å²) in [7, 11) is 0.938. The Morgan fingerprint density at radius 2 is 1.76 bits per heavy atom. The van der Waals surface area contributed by atoms with E-state index in [1.165, 1.54) is 0 Å². The Labute approximate surface area is 155 Å². The van der Waals surface area contributed by atoms with Gasteiger partial charge in [0.25, 0.3) is 5.91 Å². The Hall–Kier alpha value is -1.63. The first kappa shape index (κ1) is 18.2. The minimum atomic E-state index is -1.11. The van der Waals surface area contributed by atoms with Crippen LogP contribution in [0.3, 0.4) is 0 Å². The van der Waals surface area contributed by atoms with Crippen molar-refractivity contribution in [1.29, 1.82) is 0 Å². The lowest BCUT2D eigenvalue weighted by Crippen LogP contribution is -2.47. The molecule has 1 fully saturated rings. The lowest BCUT2D eigenvalue weighted by Gasteiger charge is -2.31. The predicted molar refractivity (Wildman–Crippen MR) is 99.1 cm³/mol. The molecule has 25 heavy (non-hydrogen) atoms. The maximum absolute atomic E-state index is 12.5. The van der Waals surface area contributed by atoms with Crippen LogP contribution in [0.15, 0.2) is 40.8 Å². The summed E-state index contributed by atoms with van der Waals surface area (Å²) in [6, 6.07) is 10.7. The average molecular weight is 381 g/mol. The van der Waals surface area contributed by atoms with Crippen molar-refractivity contribution < 1.29 is 13.4 Å². The topological polar surface area (TPSA) is 53.8 Å². The third-order valence-corrected chi connectivity index (χ3v) is 5.72. The molecular formula is C18H21ClN2O3S. The Morgan fingerprint density at radius 3 is 2.44 bits per heavy atom. The van der Waals surface area contributed by atoms with Crippen LogP contribution in [-0.4, -0.2) is 53.1 Å². The molecule has 1 aliphatic rings. The fourth-order valence-corrected chi connectivity index (χ4v) is 3.98. The van der Waals surface area contributed by atoms with Crippen molar-refractivity contribution in [2.24, 2.45) is 0 Å². The summed E-state index contributed by atoms with van der Waals surface area (Å²) in [6.45, 7) is 3.14. The van der Waals surface area contributed by atoms with Gasteiger partial charge < -0.3 is 14.2 Å². The zero-order valence-electron chi connectivity index (χ0n) is 14.1. The van der Waals surface area contributed by atoms with E-state index in [0.717, 1.165) is 18.7 Å². The third kappa shape index (κ3) is 4.93. The third-order valence-electron chi connectivity index (χ3n) is 4.21. The van der Waals surface area contributed by atoms with Gasteiger partial charge in [0, 0.05) is 47.8 Å². The highest BCUT2D eigenvalue weighted by atomic mass is 35.5. The van der Waals surface area contributed by atoms with Crippen LogP contribution in [-0.2, 0) is 22.3 Å². The number of rotatable bonds is 5. The number of likely N-dealkylation sites (N-methyl/N-ethyl adjacent to an activating group) is 1. The SMILES string of the molecule is CN1CCN(C(=O)c2ccc(C[S@@](=O)Cc3ccc(Cl)cc3)o2)CC1. The van der Waals surface area contributed by atoms with Gasteiger partial charge >= 0.3 is 0 Å². The smallest absolute Gasteiger partial charge is 0.289 e. The number of halogens is 1. The summed E-state index contributed by atoms with van der Waals surface area (Å²) in [5.41, 5.74) is 0.961. The highest BCUT2D eigenvalue weighted by Crippen LogP contribution is 2.16. The summed E-state index contributed by atoms with van der Waals surface area (Å²) in [4.78, 5) is 16.4. The Kier molecular flexibility index (Phi) is 5.93. The van der Waals surface area contributed by atoms with Gasteiger partial charge in [0.05, 0.1) is 5.75 Å². The molecule has 1 atom stereocenters. The van der Waals surface area contributed by atoms with Crippen molar-refractivity contribution in [2.75, 3.05) is 33.2 Å². The normalized spacial score (nSPS) is 16.8. The van der Waals surface area contributed by atoms with E-state index in [1.54, 1.807) is 29.2 Å². The molecule has 3 rings (SSSR count). The molecule has 0 radical (unpaired) electrons. The van der Waals surface area contributed by atoms with Crippen LogP contribution in [0.1, 0.15) is 21.9 Å². The molecule has 1 aromatic carbocycles. The predicted octanol–water partition coefficient (Wildman–Crippen LogP) is 2.77. The van der Waals surface area contributed by atoms with E-state index in [9.17, 15) is 9.00 Å². The number of amides is 1. The number of carbonyl (C=O) groups excluding carboxylic acids is 1. The molecular weight excluding hydrogens is 360 g/mol. The van der Waals surface area contributed by atoms with Gasteiger partial charge in [-0.05, 0) is 36.9 Å². The number of furan rings is 1. The van der Waals surface area contributed by atoms with Crippen LogP contribution < -0.4 is 0 Å². The second-order valence-corrected chi connectivity index (χ2v) is 8.11. The van der Waals surface area contributed by atoms with Crippen LogP contribution in [0.4, 0.5) is 0 Å². The van der Waals surface area contributed by atoms with Crippen LogP contribution >= 0.6 is 11.6 Å². The van der Waals surface area contributed by atoms with E-state index in [0.29, 0.717) is 41.1 Å². The summed E-state index contributed by atoms with van der Waals surface area (Å²) >= 11 is 5.85. The molecule has 0 unspecified atom stereocenters. The van der Waals surface area contributed by atoms with Gasteiger partial charge in [-0.15, -0.1) is 0 Å². The highest BCUT2D eigenvalue weighted by Gasteiger charge is 2.23. The Balaban J connectivity index is 1.56. The van der Waals surface area contributed by atoms with Crippen molar-refractivity contribution in [3.63, 3.8) is 0 Å². The first-order valence-electron chi connectivity index (χ1n) is 8.17. The van der Waals surface area contributed by atoms with Crippen LogP contribution in [0, 0.1) is 0 Å². The first-order valence-corrected chi connectivity index (χ1v) is 10.0. The van der Waals surface area contributed by atoms with E-state index in [1.807, 2.05) is 19.2 Å². The number of piperazine rings is 1. The van der Waals surface area contributed by atoms with Crippen molar-refractivity contribution in [1.82, 2.24) is 9.80 Å². The number of hydrogen-bond acceptors (Lipinski definition) is 4. The molecule has 0 saturated carbocycles. The fraction of sp³-hybridized carbons (Fsp3) is 0.389. The Morgan fingerprint density at radius 1 is 1.08 bits per heavy atom. The van der Waals surface area contributed by atoms with Crippen molar-refractivity contribution in [3.05, 3.63) is 58.5 Å². The summed E-state index contributed by atoms with van der Waals surface area (Å²) < 4.78 is 17.9. The van der Waals surface area contributed by atoms with E-state index in [-0.39, 0.29) is 5.91 Å². The van der Waals surface area contributed by atoms with Crippen molar-refractivity contribution >= 4 is 28.3 Å². The molecule has 1 amide bonds. The number of nitrogens with zero attached hydrogens (tertiary/aromatic N) is 2. The molecule has 1 aromatic heterocycles. The monoisotopic (exact) mass is 380 g/mol. The minimum absolute atomic E-state index is 0.0946. The van der Waals surface area contributed by atoms with Crippen LogP contribution in [0.25, 0.3) is 0 Å². The lowest BCUT2D eigenvalue weighted by molar-refractivity contribution is 0.0631. The minimum Gasteiger partial charge on any atom is -0.455 e. The molecule has 5 nitrogen and oxygen atoms in total. The molecule has 0 spiro atoms. The molecule has 0 N–H and O–H groups in total. The maximum Gasteiger partial charge on any atom is 0.289 e. The molecule has 0 bridgehead atoms. The van der Waals surface area contributed by atoms with E-state index < -0.39 is 10.8 Å². The summed E-state index contributed by atoms with van der Waals surface area (Å²) in [5.74, 6) is 1.52.